The Labute approximate surface area is 96.1 Å². The second kappa shape index (κ2) is 4.84. The van der Waals surface area contributed by atoms with Crippen LogP contribution in [0.2, 0.25) is 0 Å². The summed E-state index contributed by atoms with van der Waals surface area (Å²) in [4.78, 5) is 0. The second-order valence-corrected chi connectivity index (χ2v) is 4.16. The van der Waals surface area contributed by atoms with Gasteiger partial charge in [0.05, 0.1) is 6.54 Å². The summed E-state index contributed by atoms with van der Waals surface area (Å²) in [5.74, 6) is 0. The number of nitrogens with one attached hydrogen (secondary N) is 1. The molecule has 0 bridgehead atoms. The van der Waals surface area contributed by atoms with Crippen molar-refractivity contribution in [2.75, 3.05) is 5.32 Å². The van der Waals surface area contributed by atoms with Gasteiger partial charge < -0.3 is 5.32 Å². The van der Waals surface area contributed by atoms with Crippen LogP contribution in [0.3, 0.4) is 0 Å². The fraction of sp³-hybridized carbons (Fsp3) is 0.308. The molecule has 0 saturated heterocycles. The maximum atomic E-state index is 4.22. The van der Waals surface area contributed by atoms with Gasteiger partial charge in [0.2, 0.25) is 0 Å². The molecule has 0 radical (unpaired) electrons. The van der Waals surface area contributed by atoms with E-state index in [2.05, 4.69) is 48.5 Å². The average Bonchev–Trinajstić information content (AvgIpc) is 2.73. The summed E-state index contributed by atoms with van der Waals surface area (Å²) in [5.41, 5.74) is 2.45. The largest absolute Gasteiger partial charge is 0.383 e. The SMILES string of the molecule is CC(C)Nc1ccccc1Cn1cccn1. The van der Waals surface area contributed by atoms with E-state index in [1.54, 1.807) is 6.20 Å². The predicted molar refractivity (Wildman–Crippen MR) is 66.5 cm³/mol. The number of nitrogens with zero attached hydrogens (tertiary/aromatic N) is 2. The number of anilines is 1. The summed E-state index contributed by atoms with van der Waals surface area (Å²) < 4.78 is 1.93. The van der Waals surface area contributed by atoms with Crippen molar-refractivity contribution in [3.8, 4) is 0 Å². The van der Waals surface area contributed by atoms with Gasteiger partial charge in [-0.25, -0.2) is 0 Å². The highest BCUT2D eigenvalue weighted by Gasteiger charge is 2.03. The lowest BCUT2D eigenvalue weighted by Gasteiger charge is -2.14. The molecule has 0 unspecified atom stereocenters. The normalized spacial score (nSPS) is 10.7. The summed E-state index contributed by atoms with van der Waals surface area (Å²) in [6.45, 7) is 5.10. The van der Waals surface area contributed by atoms with Gasteiger partial charge >= 0.3 is 0 Å². The van der Waals surface area contributed by atoms with Crippen molar-refractivity contribution >= 4 is 5.69 Å². The number of hydrogen-bond acceptors (Lipinski definition) is 2. The first kappa shape index (κ1) is 10.7. The highest BCUT2D eigenvalue weighted by atomic mass is 15.3. The molecule has 1 heterocycles. The van der Waals surface area contributed by atoms with Gasteiger partial charge in [-0.2, -0.15) is 5.10 Å². The van der Waals surface area contributed by atoms with Gasteiger partial charge in [-0.05, 0) is 31.5 Å². The van der Waals surface area contributed by atoms with Crippen molar-refractivity contribution in [2.45, 2.75) is 26.4 Å². The lowest BCUT2D eigenvalue weighted by molar-refractivity contribution is 0.686. The first-order valence-electron chi connectivity index (χ1n) is 5.57. The fourth-order valence-electron chi connectivity index (χ4n) is 1.68. The van der Waals surface area contributed by atoms with Gasteiger partial charge in [-0.15, -0.1) is 0 Å². The number of aromatic nitrogens is 2. The molecule has 0 amide bonds. The quantitative estimate of drug-likeness (QED) is 0.850. The Hall–Kier alpha value is -1.77. The Bertz CT molecular complexity index is 432. The third-order valence-corrected chi connectivity index (χ3v) is 2.35. The zero-order valence-electron chi connectivity index (χ0n) is 9.72. The van der Waals surface area contributed by atoms with Crippen LogP contribution in [0.25, 0.3) is 0 Å². The predicted octanol–water partition coefficient (Wildman–Crippen LogP) is 2.75. The van der Waals surface area contributed by atoms with Gasteiger partial charge in [-0.1, -0.05) is 18.2 Å². The average molecular weight is 215 g/mol. The molecule has 3 heteroatoms. The van der Waals surface area contributed by atoms with E-state index in [-0.39, 0.29) is 0 Å². The van der Waals surface area contributed by atoms with Gasteiger partial charge in [0.15, 0.2) is 0 Å². The van der Waals surface area contributed by atoms with Crippen LogP contribution in [0.15, 0.2) is 42.7 Å². The number of benzene rings is 1. The molecule has 1 N–H and O–H groups in total. The molecule has 0 fully saturated rings. The van der Waals surface area contributed by atoms with Crippen LogP contribution in [0.1, 0.15) is 19.4 Å². The van der Waals surface area contributed by atoms with E-state index in [4.69, 9.17) is 0 Å². The third kappa shape index (κ3) is 2.63. The van der Waals surface area contributed by atoms with E-state index in [1.165, 1.54) is 11.3 Å². The van der Waals surface area contributed by atoms with Crippen LogP contribution < -0.4 is 5.32 Å². The second-order valence-electron chi connectivity index (χ2n) is 4.16. The smallest absolute Gasteiger partial charge is 0.0679 e. The molecule has 84 valence electrons. The van der Waals surface area contributed by atoms with Crippen LogP contribution in [-0.4, -0.2) is 15.8 Å². The van der Waals surface area contributed by atoms with Crippen LogP contribution in [0.5, 0.6) is 0 Å². The van der Waals surface area contributed by atoms with Crippen molar-refractivity contribution in [3.05, 3.63) is 48.3 Å². The Morgan fingerprint density at radius 2 is 2.06 bits per heavy atom. The fourth-order valence-corrected chi connectivity index (χ4v) is 1.68. The third-order valence-electron chi connectivity index (χ3n) is 2.35. The Kier molecular flexibility index (Phi) is 3.25. The molecule has 1 aromatic carbocycles. The summed E-state index contributed by atoms with van der Waals surface area (Å²) >= 11 is 0. The summed E-state index contributed by atoms with van der Waals surface area (Å²) in [6.07, 6.45) is 3.78. The standard InChI is InChI=1S/C13H17N3/c1-11(2)15-13-7-4-3-6-12(13)10-16-9-5-8-14-16/h3-9,11,15H,10H2,1-2H3. The number of para-hydroxylation sites is 1. The topological polar surface area (TPSA) is 29.9 Å². The molecule has 0 aliphatic rings. The maximum Gasteiger partial charge on any atom is 0.0679 e. The summed E-state index contributed by atoms with van der Waals surface area (Å²) in [7, 11) is 0. The molecule has 0 spiro atoms. The molecule has 0 atom stereocenters. The minimum Gasteiger partial charge on any atom is -0.383 e. The van der Waals surface area contributed by atoms with E-state index in [1.807, 2.05) is 16.9 Å². The van der Waals surface area contributed by atoms with E-state index >= 15 is 0 Å². The monoisotopic (exact) mass is 215 g/mol. The summed E-state index contributed by atoms with van der Waals surface area (Å²) in [5, 5.41) is 7.67. The molecular weight excluding hydrogens is 198 g/mol. The molecule has 0 aliphatic carbocycles. The van der Waals surface area contributed by atoms with Gasteiger partial charge in [0.25, 0.3) is 0 Å². The van der Waals surface area contributed by atoms with E-state index in [0.29, 0.717) is 6.04 Å². The highest BCUT2D eigenvalue weighted by molar-refractivity contribution is 5.51. The molecule has 0 saturated carbocycles. The van der Waals surface area contributed by atoms with Crippen LogP contribution >= 0.6 is 0 Å². The highest BCUT2D eigenvalue weighted by Crippen LogP contribution is 2.16. The maximum absolute atomic E-state index is 4.22. The van der Waals surface area contributed by atoms with E-state index in [9.17, 15) is 0 Å². The minimum absolute atomic E-state index is 0.443. The van der Waals surface area contributed by atoms with E-state index in [0.717, 1.165) is 6.54 Å². The van der Waals surface area contributed by atoms with Gasteiger partial charge in [-0.3, -0.25) is 4.68 Å². The zero-order chi connectivity index (χ0) is 11.4. The van der Waals surface area contributed by atoms with Crippen molar-refractivity contribution < 1.29 is 0 Å². The van der Waals surface area contributed by atoms with Gasteiger partial charge in [0, 0.05) is 24.1 Å². The first-order chi connectivity index (χ1) is 7.75. The molecule has 3 nitrogen and oxygen atoms in total. The van der Waals surface area contributed by atoms with Crippen molar-refractivity contribution in [2.24, 2.45) is 0 Å². The van der Waals surface area contributed by atoms with Crippen LogP contribution in [0.4, 0.5) is 5.69 Å². The molecule has 2 rings (SSSR count). The minimum atomic E-state index is 0.443. The lowest BCUT2D eigenvalue weighted by atomic mass is 10.1. The number of rotatable bonds is 4. The molecular formula is C13H17N3. The Morgan fingerprint density at radius 1 is 1.25 bits per heavy atom. The Morgan fingerprint density at radius 3 is 2.75 bits per heavy atom. The van der Waals surface area contributed by atoms with Crippen LogP contribution in [0, 0.1) is 0 Å². The van der Waals surface area contributed by atoms with E-state index < -0.39 is 0 Å². The molecule has 2 aromatic rings. The zero-order valence-corrected chi connectivity index (χ0v) is 9.72. The van der Waals surface area contributed by atoms with Gasteiger partial charge in [0.1, 0.15) is 0 Å². The number of hydrogen-bond donors (Lipinski definition) is 1. The first-order valence-corrected chi connectivity index (χ1v) is 5.57. The van der Waals surface area contributed by atoms with Crippen LogP contribution in [-0.2, 0) is 6.54 Å². The van der Waals surface area contributed by atoms with Crippen molar-refractivity contribution in [1.29, 1.82) is 0 Å². The molecule has 1 aromatic heterocycles. The van der Waals surface area contributed by atoms with Crippen molar-refractivity contribution in [1.82, 2.24) is 9.78 Å². The lowest BCUT2D eigenvalue weighted by Crippen LogP contribution is -2.12. The Balaban J connectivity index is 2.19. The summed E-state index contributed by atoms with van der Waals surface area (Å²) in [6, 6.07) is 10.7. The van der Waals surface area contributed by atoms with Crippen molar-refractivity contribution in [3.63, 3.8) is 0 Å². The molecule has 16 heavy (non-hydrogen) atoms. The molecule has 0 aliphatic heterocycles.